The first-order valence-corrected chi connectivity index (χ1v) is 6.30. The van der Waals surface area contributed by atoms with E-state index in [2.05, 4.69) is 10.2 Å². The molecule has 90 valence electrons. The quantitative estimate of drug-likeness (QED) is 0.765. The maximum absolute atomic E-state index is 12.1. The van der Waals surface area contributed by atoms with Crippen LogP contribution >= 0.6 is 34.7 Å². The fourth-order valence-corrected chi connectivity index (χ4v) is 2.49. The van der Waals surface area contributed by atoms with Gasteiger partial charge in [0.2, 0.25) is 4.47 Å². The first kappa shape index (κ1) is 12.7. The van der Waals surface area contributed by atoms with E-state index < -0.39 is 5.51 Å². The number of thioether (sulfide) groups is 1. The molecule has 0 radical (unpaired) electrons. The highest BCUT2D eigenvalue weighted by molar-refractivity contribution is 8.00. The molecule has 0 atom stereocenters. The van der Waals surface area contributed by atoms with Crippen molar-refractivity contribution in [2.75, 3.05) is 0 Å². The molecule has 2 nitrogen and oxygen atoms in total. The summed E-state index contributed by atoms with van der Waals surface area (Å²) < 4.78 is 36.6. The molecule has 1 heterocycles. The number of hydrogen-bond donors (Lipinski definition) is 0. The smallest absolute Gasteiger partial charge is 0.160 e. The van der Waals surface area contributed by atoms with Crippen LogP contribution in [0.5, 0.6) is 0 Å². The van der Waals surface area contributed by atoms with Gasteiger partial charge in [0.05, 0.1) is 0 Å². The van der Waals surface area contributed by atoms with Gasteiger partial charge in [-0.1, -0.05) is 23.5 Å². The lowest BCUT2D eigenvalue weighted by Crippen LogP contribution is -1.98. The molecule has 0 spiro atoms. The summed E-state index contributed by atoms with van der Waals surface area (Å²) in [5.41, 5.74) is -3.57. The number of nitrogens with zero attached hydrogens (tertiary/aromatic N) is 2. The van der Waals surface area contributed by atoms with Crippen LogP contribution in [0.25, 0.3) is 10.6 Å². The average molecular weight is 297 g/mol. The van der Waals surface area contributed by atoms with Crippen LogP contribution in [0.2, 0.25) is 4.47 Å². The number of benzene rings is 1. The Morgan fingerprint density at radius 2 is 1.76 bits per heavy atom. The highest BCUT2D eigenvalue weighted by atomic mass is 35.5. The number of hydrogen-bond acceptors (Lipinski definition) is 4. The zero-order chi connectivity index (χ0) is 12.5. The van der Waals surface area contributed by atoms with E-state index >= 15 is 0 Å². The van der Waals surface area contributed by atoms with Crippen LogP contribution in [0.4, 0.5) is 13.2 Å². The van der Waals surface area contributed by atoms with Gasteiger partial charge in [-0.3, -0.25) is 0 Å². The Morgan fingerprint density at radius 3 is 2.24 bits per heavy atom. The van der Waals surface area contributed by atoms with Crippen molar-refractivity contribution in [3.8, 4) is 10.6 Å². The molecule has 0 aliphatic heterocycles. The Kier molecular flexibility index (Phi) is 3.60. The third-order valence-corrected chi connectivity index (χ3v) is 3.54. The van der Waals surface area contributed by atoms with Gasteiger partial charge < -0.3 is 0 Å². The minimum atomic E-state index is -4.27. The van der Waals surface area contributed by atoms with Crippen molar-refractivity contribution in [1.29, 1.82) is 0 Å². The second-order valence-corrected chi connectivity index (χ2v) is 5.63. The molecule has 0 N–H and O–H groups in total. The summed E-state index contributed by atoms with van der Waals surface area (Å²) in [4.78, 5) is 0.136. The molecule has 2 aromatic rings. The summed E-state index contributed by atoms with van der Waals surface area (Å²) >= 11 is 6.65. The maximum atomic E-state index is 12.1. The van der Waals surface area contributed by atoms with Crippen LogP contribution in [-0.4, -0.2) is 15.7 Å². The average Bonchev–Trinajstić information content (AvgIpc) is 2.63. The third-order valence-electron chi connectivity index (χ3n) is 1.74. The van der Waals surface area contributed by atoms with Gasteiger partial charge in [0.15, 0.2) is 0 Å². The van der Waals surface area contributed by atoms with Crippen molar-refractivity contribution in [2.45, 2.75) is 10.4 Å². The Hall–Kier alpha value is -0.790. The molecule has 1 aromatic heterocycles. The van der Waals surface area contributed by atoms with Gasteiger partial charge in [0.25, 0.3) is 0 Å². The molecule has 0 saturated carbocycles. The van der Waals surface area contributed by atoms with Gasteiger partial charge in [-0.05, 0) is 35.5 Å². The Balaban J connectivity index is 2.19. The first-order chi connectivity index (χ1) is 7.94. The summed E-state index contributed by atoms with van der Waals surface area (Å²) in [6.45, 7) is 0. The zero-order valence-corrected chi connectivity index (χ0v) is 10.4. The van der Waals surface area contributed by atoms with Crippen LogP contribution in [0.3, 0.4) is 0 Å². The van der Waals surface area contributed by atoms with Gasteiger partial charge in [-0.25, -0.2) is 0 Å². The molecule has 0 saturated heterocycles. The highest BCUT2D eigenvalue weighted by Crippen LogP contribution is 2.37. The molecule has 0 fully saturated rings. The van der Waals surface area contributed by atoms with Crippen molar-refractivity contribution in [3.63, 3.8) is 0 Å². The first-order valence-electron chi connectivity index (χ1n) is 4.29. The van der Waals surface area contributed by atoms with E-state index in [0.717, 1.165) is 0 Å². The van der Waals surface area contributed by atoms with E-state index in [1.807, 2.05) is 0 Å². The molecular formula is C9H4ClF3N2S2. The minimum Gasteiger partial charge on any atom is -0.160 e. The van der Waals surface area contributed by atoms with Crippen LogP contribution in [0.15, 0.2) is 29.2 Å². The number of rotatable bonds is 2. The SMILES string of the molecule is FC(F)(F)Sc1ccc(-c2nnc(Cl)s2)cc1. The number of alkyl halides is 3. The van der Waals surface area contributed by atoms with E-state index in [1.165, 1.54) is 23.5 Å². The summed E-state index contributed by atoms with van der Waals surface area (Å²) in [7, 11) is 0. The molecule has 0 unspecified atom stereocenters. The largest absolute Gasteiger partial charge is 0.446 e. The summed E-state index contributed by atoms with van der Waals surface area (Å²) in [5, 5.41) is 8.00. The van der Waals surface area contributed by atoms with Crippen molar-refractivity contribution >= 4 is 34.7 Å². The Labute approximate surface area is 108 Å². The minimum absolute atomic E-state index is 0.136. The molecule has 0 amide bonds. The molecule has 0 aliphatic carbocycles. The van der Waals surface area contributed by atoms with Gasteiger partial charge in [0.1, 0.15) is 5.01 Å². The number of aromatic nitrogens is 2. The van der Waals surface area contributed by atoms with E-state index in [-0.39, 0.29) is 16.7 Å². The normalized spacial score (nSPS) is 11.8. The predicted molar refractivity (Wildman–Crippen MR) is 62.3 cm³/mol. The zero-order valence-electron chi connectivity index (χ0n) is 8.03. The molecule has 8 heteroatoms. The van der Waals surface area contributed by atoms with Crippen LogP contribution in [0, 0.1) is 0 Å². The van der Waals surface area contributed by atoms with Gasteiger partial charge in [-0.15, -0.1) is 10.2 Å². The molecule has 0 bridgehead atoms. The van der Waals surface area contributed by atoms with Crippen molar-refractivity contribution < 1.29 is 13.2 Å². The lowest BCUT2D eigenvalue weighted by molar-refractivity contribution is -0.0328. The molecule has 17 heavy (non-hydrogen) atoms. The lowest BCUT2D eigenvalue weighted by Gasteiger charge is -2.05. The monoisotopic (exact) mass is 296 g/mol. The van der Waals surface area contributed by atoms with E-state index in [0.29, 0.717) is 15.0 Å². The van der Waals surface area contributed by atoms with Crippen molar-refractivity contribution in [2.24, 2.45) is 0 Å². The fourth-order valence-electron chi connectivity index (χ4n) is 1.12. The Bertz CT molecular complexity index is 510. The van der Waals surface area contributed by atoms with Crippen LogP contribution in [0.1, 0.15) is 0 Å². The van der Waals surface area contributed by atoms with Gasteiger partial charge in [-0.2, -0.15) is 13.2 Å². The summed E-state index contributed by atoms with van der Waals surface area (Å²) in [6.07, 6.45) is 0. The second-order valence-electron chi connectivity index (χ2n) is 2.93. The predicted octanol–water partition coefficient (Wildman–Crippen LogP) is 4.47. The molecule has 1 aromatic carbocycles. The van der Waals surface area contributed by atoms with Crippen molar-refractivity contribution in [3.05, 3.63) is 28.7 Å². The van der Waals surface area contributed by atoms with Crippen molar-refractivity contribution in [1.82, 2.24) is 10.2 Å². The maximum Gasteiger partial charge on any atom is 0.446 e. The Morgan fingerprint density at radius 1 is 1.12 bits per heavy atom. The van der Waals surface area contributed by atoms with E-state index in [9.17, 15) is 13.2 Å². The standard InChI is InChI=1S/C9H4ClF3N2S2/c10-8-15-14-7(16-8)5-1-3-6(4-2-5)17-9(11,12)13/h1-4H. The lowest BCUT2D eigenvalue weighted by atomic mass is 10.2. The van der Waals surface area contributed by atoms with Gasteiger partial charge in [0, 0.05) is 10.5 Å². The fraction of sp³-hybridized carbons (Fsp3) is 0.111. The molecular weight excluding hydrogens is 293 g/mol. The third kappa shape index (κ3) is 3.58. The topological polar surface area (TPSA) is 25.8 Å². The summed E-state index contributed by atoms with van der Waals surface area (Å²) in [6, 6.07) is 5.90. The van der Waals surface area contributed by atoms with Gasteiger partial charge >= 0.3 is 5.51 Å². The highest BCUT2D eigenvalue weighted by Gasteiger charge is 2.29. The van der Waals surface area contributed by atoms with Crippen LogP contribution < -0.4 is 0 Å². The summed E-state index contributed by atoms with van der Waals surface area (Å²) in [5.74, 6) is 0. The number of halogens is 4. The second kappa shape index (κ2) is 4.83. The van der Waals surface area contributed by atoms with E-state index in [4.69, 9.17) is 11.6 Å². The van der Waals surface area contributed by atoms with Crippen LogP contribution in [-0.2, 0) is 0 Å². The molecule has 0 aliphatic rings. The van der Waals surface area contributed by atoms with E-state index in [1.54, 1.807) is 12.1 Å². The molecule has 2 rings (SSSR count).